The second-order valence-corrected chi connectivity index (χ2v) is 30.1. The van der Waals surface area contributed by atoms with Crippen LogP contribution in [-0.2, 0) is 37.9 Å². The molecule has 4 heteroatoms. The Balaban J connectivity index is 1.22. The van der Waals surface area contributed by atoms with Crippen molar-refractivity contribution in [2.45, 2.75) is 180 Å². The quantitative estimate of drug-likeness (QED) is 0.162. The van der Waals surface area contributed by atoms with Crippen molar-refractivity contribution in [1.82, 2.24) is 0 Å². The maximum absolute atomic E-state index is 2.79. The third-order valence-electron chi connectivity index (χ3n) is 19.8. The molecule has 1 saturated carbocycles. The predicted octanol–water partition coefficient (Wildman–Crippen LogP) is 18.7. The summed E-state index contributed by atoms with van der Waals surface area (Å²) in [5, 5.41) is 1.41. The molecule has 0 saturated heterocycles. The zero-order valence-corrected chi connectivity index (χ0v) is 49.1. The van der Waals surface area contributed by atoms with Gasteiger partial charge in [-0.05, 0) is 192 Å². The largest absolute Gasteiger partial charge is 0.311 e. The maximum atomic E-state index is 2.79. The van der Waals surface area contributed by atoms with Crippen LogP contribution in [0.2, 0.25) is 0 Å². The molecular formula is C72H79BN2S. The van der Waals surface area contributed by atoms with Gasteiger partial charge in [0.15, 0.2) is 0 Å². The normalized spacial score (nSPS) is 21.0. The molecule has 386 valence electrons. The average Bonchev–Trinajstić information content (AvgIpc) is 3.76. The highest BCUT2D eigenvalue weighted by Gasteiger charge is 2.51. The number of hydrogen-bond donors (Lipinski definition) is 0. The summed E-state index contributed by atoms with van der Waals surface area (Å²) in [5.74, 6) is 0. The van der Waals surface area contributed by atoms with E-state index in [9.17, 15) is 0 Å². The molecule has 0 N–H and O–H groups in total. The van der Waals surface area contributed by atoms with Crippen LogP contribution >= 0.6 is 11.3 Å². The van der Waals surface area contributed by atoms with E-state index >= 15 is 0 Å². The number of thiophene rings is 1. The molecule has 0 spiro atoms. The minimum Gasteiger partial charge on any atom is -0.311 e. The Bertz CT molecular complexity index is 3690. The summed E-state index contributed by atoms with van der Waals surface area (Å²) < 4.78 is 2.90. The van der Waals surface area contributed by atoms with Gasteiger partial charge in [-0.1, -0.05) is 183 Å². The standard InChI is InChI=1S/C72H79BN2S/c1-66(2,3)46-26-28-57(49(36-46)44-22-18-16-19-23-44)74-59-42-53-52(69(10,11)30-31-70(53,12)13)41-56(59)73-63-60(74)38-48(68(7,8)9)39-61(63)75(58-29-27-47(67(4,5)6)37-50(58)45-24-20-17-21-25-45)64-51-40-54-55(43-62(51)76-65(64)73)72(15)34-32-71(54,14)33-35-72/h16-29,36-43H,30-35H2,1-15H3. The van der Waals surface area contributed by atoms with Gasteiger partial charge in [-0.25, -0.2) is 0 Å². The highest BCUT2D eigenvalue weighted by molar-refractivity contribution is 7.33. The smallest absolute Gasteiger partial charge is 0.264 e. The van der Waals surface area contributed by atoms with Crippen LogP contribution in [0.1, 0.15) is 181 Å². The van der Waals surface area contributed by atoms with Crippen molar-refractivity contribution in [2.75, 3.05) is 9.80 Å². The first-order valence-electron chi connectivity index (χ1n) is 28.7. The molecule has 6 aliphatic rings. The van der Waals surface area contributed by atoms with E-state index in [1.165, 1.54) is 142 Å². The van der Waals surface area contributed by atoms with E-state index in [0.717, 1.165) is 6.42 Å². The first kappa shape index (κ1) is 49.7. The Morgan fingerprint density at radius 3 is 1.38 bits per heavy atom. The van der Waals surface area contributed by atoms with Crippen LogP contribution in [0.3, 0.4) is 0 Å². The molecule has 7 aromatic carbocycles. The molecular weight excluding hydrogens is 936 g/mol. The third kappa shape index (κ3) is 7.45. The van der Waals surface area contributed by atoms with Crippen molar-refractivity contribution in [3.05, 3.63) is 172 Å². The van der Waals surface area contributed by atoms with Crippen LogP contribution in [-0.4, -0.2) is 6.71 Å². The van der Waals surface area contributed by atoms with Gasteiger partial charge in [0.1, 0.15) is 0 Å². The molecule has 0 amide bonds. The van der Waals surface area contributed by atoms with Crippen molar-refractivity contribution >= 4 is 78.0 Å². The Labute approximate surface area is 460 Å². The van der Waals surface area contributed by atoms with Crippen LogP contribution in [0.25, 0.3) is 32.3 Å². The van der Waals surface area contributed by atoms with Gasteiger partial charge in [0, 0.05) is 43.1 Å². The van der Waals surface area contributed by atoms with Gasteiger partial charge in [-0.2, -0.15) is 0 Å². The fraction of sp³-hybridized carbons (Fsp3) is 0.389. The van der Waals surface area contributed by atoms with E-state index in [0.29, 0.717) is 0 Å². The van der Waals surface area contributed by atoms with Gasteiger partial charge >= 0.3 is 0 Å². The third-order valence-corrected chi connectivity index (χ3v) is 21.0. The molecule has 2 aliphatic heterocycles. The topological polar surface area (TPSA) is 6.48 Å². The molecule has 4 aliphatic carbocycles. The minimum absolute atomic E-state index is 0.0167. The molecule has 3 heterocycles. The number of hydrogen-bond acceptors (Lipinski definition) is 3. The summed E-state index contributed by atoms with van der Waals surface area (Å²) in [6.07, 6.45) is 7.40. The molecule has 0 radical (unpaired) electrons. The van der Waals surface area contributed by atoms with Crippen molar-refractivity contribution in [1.29, 1.82) is 0 Å². The van der Waals surface area contributed by atoms with Gasteiger partial charge in [0.2, 0.25) is 0 Å². The van der Waals surface area contributed by atoms with Crippen LogP contribution in [0.15, 0.2) is 133 Å². The van der Waals surface area contributed by atoms with E-state index in [2.05, 4.69) is 258 Å². The lowest BCUT2D eigenvalue weighted by Crippen LogP contribution is -2.61. The number of nitrogens with zero attached hydrogens (tertiary/aromatic N) is 2. The average molecular weight is 1020 g/mol. The zero-order valence-electron chi connectivity index (χ0n) is 48.3. The van der Waals surface area contributed by atoms with Crippen LogP contribution in [0, 0.1) is 0 Å². The lowest BCUT2D eigenvalue weighted by Gasteiger charge is -2.52. The van der Waals surface area contributed by atoms with Crippen LogP contribution < -0.4 is 25.5 Å². The van der Waals surface area contributed by atoms with E-state index in [1.54, 1.807) is 11.1 Å². The highest BCUT2D eigenvalue weighted by Crippen LogP contribution is 2.60. The maximum Gasteiger partial charge on any atom is 0.264 e. The number of anilines is 6. The molecule has 76 heavy (non-hydrogen) atoms. The Morgan fingerprint density at radius 1 is 0.421 bits per heavy atom. The molecule has 14 rings (SSSR count). The first-order chi connectivity index (χ1) is 35.8. The lowest BCUT2D eigenvalue weighted by molar-refractivity contribution is 0.188. The minimum atomic E-state index is -0.156. The number of benzene rings is 7. The van der Waals surface area contributed by atoms with E-state index < -0.39 is 0 Å². The first-order valence-corrected chi connectivity index (χ1v) is 29.6. The van der Waals surface area contributed by atoms with Crippen molar-refractivity contribution in [3.8, 4) is 22.3 Å². The van der Waals surface area contributed by atoms with Gasteiger partial charge in [0.05, 0.1) is 17.1 Å². The number of rotatable bonds is 4. The molecule has 1 aromatic heterocycles. The zero-order chi connectivity index (χ0) is 53.4. The van der Waals surface area contributed by atoms with E-state index in [1.807, 2.05) is 0 Å². The predicted molar refractivity (Wildman–Crippen MR) is 331 cm³/mol. The van der Waals surface area contributed by atoms with E-state index in [4.69, 9.17) is 0 Å². The summed E-state index contributed by atoms with van der Waals surface area (Å²) in [5.41, 5.74) is 26.1. The van der Waals surface area contributed by atoms with Crippen molar-refractivity contribution in [3.63, 3.8) is 0 Å². The second-order valence-electron chi connectivity index (χ2n) is 29.0. The summed E-state index contributed by atoms with van der Waals surface area (Å²) in [6, 6.07) is 53.5. The van der Waals surface area contributed by atoms with Crippen molar-refractivity contribution < 1.29 is 0 Å². The Hall–Kier alpha value is -5.84. The Morgan fingerprint density at radius 2 is 0.882 bits per heavy atom. The lowest BCUT2D eigenvalue weighted by atomic mass is 9.35. The summed E-state index contributed by atoms with van der Waals surface area (Å²) in [4.78, 5) is 5.54. The van der Waals surface area contributed by atoms with Crippen LogP contribution in [0.4, 0.5) is 34.1 Å². The van der Waals surface area contributed by atoms with Gasteiger partial charge in [-0.3, -0.25) is 0 Å². The van der Waals surface area contributed by atoms with Gasteiger partial charge < -0.3 is 9.80 Å². The molecule has 8 aromatic rings. The van der Waals surface area contributed by atoms with Crippen LogP contribution in [0.5, 0.6) is 0 Å². The summed E-state index contributed by atoms with van der Waals surface area (Å²) in [7, 11) is 0. The molecule has 0 unspecified atom stereocenters. The summed E-state index contributed by atoms with van der Waals surface area (Å²) >= 11 is 2.10. The fourth-order valence-corrected chi connectivity index (χ4v) is 15.9. The fourth-order valence-electron chi connectivity index (χ4n) is 14.5. The molecule has 0 atom stereocenters. The van der Waals surface area contributed by atoms with Crippen molar-refractivity contribution in [2.24, 2.45) is 0 Å². The SMILES string of the molecule is CC(C)(C)c1ccc(N2c3cc4c(cc3B3c5sc6cc7c(cc6c5N(c5ccc(C(C)(C)C)cc5-c5ccccc5)c5cc(C(C)(C)C)cc2c53)C2(C)CCC7(C)CC2)C(C)(C)CCC4(C)C)c(-c2ccccc2)c1. The summed E-state index contributed by atoms with van der Waals surface area (Å²) in [6.45, 7) is 36.6. The molecule has 1 fully saturated rings. The Kier molecular flexibility index (Phi) is 10.7. The molecule has 2 nitrogen and oxygen atoms in total. The number of fused-ring (bicyclic) bond motifs is 9. The van der Waals surface area contributed by atoms with E-state index in [-0.39, 0.29) is 44.6 Å². The van der Waals surface area contributed by atoms with Gasteiger partial charge in [-0.15, -0.1) is 11.3 Å². The monoisotopic (exact) mass is 1010 g/mol. The second kappa shape index (κ2) is 16.4. The highest BCUT2D eigenvalue weighted by atomic mass is 32.1. The van der Waals surface area contributed by atoms with Gasteiger partial charge in [0.25, 0.3) is 6.71 Å². The molecule has 2 bridgehead atoms.